The van der Waals surface area contributed by atoms with Crippen molar-refractivity contribution < 1.29 is 19.3 Å². The fourth-order valence-electron chi connectivity index (χ4n) is 5.15. The number of hydrogen-bond donors (Lipinski definition) is 2. The van der Waals surface area contributed by atoms with Crippen molar-refractivity contribution >= 4 is 16.7 Å². The number of halogens is 1. The fraction of sp³-hybridized carbons (Fsp3) is 0.400. The van der Waals surface area contributed by atoms with Gasteiger partial charge >= 0.3 is 0 Å². The Morgan fingerprint density at radius 2 is 1.84 bits per heavy atom. The zero-order valence-electron chi connectivity index (χ0n) is 17.5. The van der Waals surface area contributed by atoms with Crippen LogP contribution in [0.4, 0.5) is 10.2 Å². The van der Waals surface area contributed by atoms with Gasteiger partial charge in [0, 0.05) is 24.0 Å². The van der Waals surface area contributed by atoms with E-state index in [1.807, 2.05) is 18.2 Å². The van der Waals surface area contributed by atoms with Crippen molar-refractivity contribution in [3.63, 3.8) is 0 Å². The number of aliphatic hydroxyl groups is 2. The van der Waals surface area contributed by atoms with Crippen LogP contribution in [-0.2, 0) is 6.61 Å². The van der Waals surface area contributed by atoms with Gasteiger partial charge in [0.2, 0.25) is 0 Å². The second-order valence-corrected chi connectivity index (χ2v) is 8.85. The lowest BCUT2D eigenvalue weighted by molar-refractivity contribution is -0.0231. The van der Waals surface area contributed by atoms with Gasteiger partial charge < -0.3 is 19.8 Å². The summed E-state index contributed by atoms with van der Waals surface area (Å²) >= 11 is 0. The van der Waals surface area contributed by atoms with E-state index >= 15 is 0 Å². The third kappa shape index (κ3) is 3.86. The number of para-hydroxylation sites is 1. The topological polar surface area (TPSA) is 65.8 Å². The third-order valence-electron chi connectivity index (χ3n) is 6.76. The maximum Gasteiger partial charge on any atom is 0.134 e. The monoisotopic (exact) mass is 422 g/mol. The maximum absolute atomic E-state index is 13.2. The summed E-state index contributed by atoms with van der Waals surface area (Å²) in [5.41, 5.74) is 2.90. The number of anilines is 1. The van der Waals surface area contributed by atoms with Crippen molar-refractivity contribution in [3.8, 4) is 5.75 Å². The molecule has 0 spiro atoms. The van der Waals surface area contributed by atoms with Crippen molar-refractivity contribution in [1.29, 1.82) is 0 Å². The van der Waals surface area contributed by atoms with Gasteiger partial charge in [-0.3, -0.25) is 0 Å². The lowest BCUT2D eigenvalue weighted by atomic mass is 9.78. The molecule has 0 bridgehead atoms. The molecule has 2 aromatic carbocycles. The Morgan fingerprint density at radius 3 is 2.58 bits per heavy atom. The summed E-state index contributed by atoms with van der Waals surface area (Å²) in [6.45, 7) is 3.62. The Balaban J connectivity index is 1.37. The molecule has 1 aliphatic carbocycles. The van der Waals surface area contributed by atoms with Crippen LogP contribution >= 0.6 is 0 Å². The molecule has 31 heavy (non-hydrogen) atoms. The molecule has 0 amide bonds. The summed E-state index contributed by atoms with van der Waals surface area (Å²) in [6, 6.07) is 14.1. The van der Waals surface area contributed by atoms with Crippen LogP contribution in [0.3, 0.4) is 0 Å². The number of ether oxygens (including phenoxy) is 1. The number of hydrogen-bond acceptors (Lipinski definition) is 5. The summed E-state index contributed by atoms with van der Waals surface area (Å²) in [4.78, 5) is 7.19. The van der Waals surface area contributed by atoms with Gasteiger partial charge in [-0.2, -0.15) is 0 Å². The first-order valence-corrected chi connectivity index (χ1v) is 10.9. The van der Waals surface area contributed by atoms with Crippen LogP contribution in [0.1, 0.15) is 24.0 Å². The molecular formula is C25H27FN2O3. The number of rotatable bonds is 4. The summed E-state index contributed by atoms with van der Waals surface area (Å²) in [6.07, 6.45) is 0.528. The average Bonchev–Trinajstić information content (AvgIpc) is 3.17. The molecule has 2 N–H and O–H groups in total. The molecule has 3 aromatic rings. The predicted molar refractivity (Wildman–Crippen MR) is 118 cm³/mol. The molecule has 5 rings (SSSR count). The number of aliphatic hydroxyl groups excluding tert-OH is 2. The number of fused-ring (bicyclic) bond motifs is 2. The second-order valence-electron chi connectivity index (χ2n) is 8.85. The highest BCUT2D eigenvalue weighted by Gasteiger charge is 2.43. The minimum atomic E-state index is -0.560. The molecule has 4 atom stereocenters. The van der Waals surface area contributed by atoms with Gasteiger partial charge in [-0.1, -0.05) is 18.2 Å². The van der Waals surface area contributed by atoms with Crippen LogP contribution < -0.4 is 9.64 Å². The van der Waals surface area contributed by atoms with Gasteiger partial charge in [-0.15, -0.1) is 0 Å². The highest BCUT2D eigenvalue weighted by Crippen LogP contribution is 2.40. The largest absolute Gasteiger partial charge is 0.488 e. The highest BCUT2D eigenvalue weighted by molar-refractivity contribution is 5.84. The van der Waals surface area contributed by atoms with E-state index in [2.05, 4.69) is 17.9 Å². The molecule has 1 saturated heterocycles. The minimum Gasteiger partial charge on any atom is -0.488 e. The molecule has 1 aliphatic heterocycles. The number of benzene rings is 2. The van der Waals surface area contributed by atoms with E-state index in [0.29, 0.717) is 24.0 Å². The Bertz CT molecular complexity index is 1090. The zero-order chi connectivity index (χ0) is 21.5. The lowest BCUT2D eigenvalue weighted by Crippen LogP contribution is -2.42. The molecule has 6 heteroatoms. The average molecular weight is 423 g/mol. The van der Waals surface area contributed by atoms with Crippen LogP contribution in [0, 0.1) is 24.6 Å². The summed E-state index contributed by atoms with van der Waals surface area (Å²) in [7, 11) is 0. The van der Waals surface area contributed by atoms with E-state index in [1.165, 1.54) is 12.1 Å². The SMILES string of the molecule is Cc1cccc2cc(CO)c(N3C[C@H]4C[C@@H](Oc5ccc(F)cc5)[C@H](O)C[C@H]4C3)nc12. The number of pyridine rings is 1. The number of aryl methyl sites for hydroxylation is 1. The van der Waals surface area contributed by atoms with Crippen LogP contribution in [0.15, 0.2) is 48.5 Å². The summed E-state index contributed by atoms with van der Waals surface area (Å²) < 4.78 is 19.2. The van der Waals surface area contributed by atoms with Gasteiger partial charge in [0.15, 0.2) is 0 Å². The van der Waals surface area contributed by atoms with Gasteiger partial charge in [0.1, 0.15) is 23.5 Å². The van der Waals surface area contributed by atoms with Crippen LogP contribution in [0.5, 0.6) is 5.75 Å². The zero-order valence-corrected chi connectivity index (χ0v) is 17.5. The fourth-order valence-corrected chi connectivity index (χ4v) is 5.15. The van der Waals surface area contributed by atoms with E-state index in [1.54, 1.807) is 12.1 Å². The first-order valence-electron chi connectivity index (χ1n) is 10.9. The molecule has 5 nitrogen and oxygen atoms in total. The number of aromatic nitrogens is 1. The van der Waals surface area contributed by atoms with E-state index in [4.69, 9.17) is 9.72 Å². The van der Waals surface area contributed by atoms with E-state index in [0.717, 1.165) is 47.4 Å². The Morgan fingerprint density at radius 1 is 1.10 bits per heavy atom. The van der Waals surface area contributed by atoms with E-state index < -0.39 is 6.10 Å². The number of nitrogens with zero attached hydrogens (tertiary/aromatic N) is 2. The molecule has 2 aliphatic rings. The first kappa shape index (κ1) is 20.2. The van der Waals surface area contributed by atoms with Crippen molar-refractivity contribution in [2.45, 2.75) is 38.6 Å². The van der Waals surface area contributed by atoms with E-state index in [9.17, 15) is 14.6 Å². The molecule has 162 valence electrons. The Hall–Kier alpha value is -2.70. The van der Waals surface area contributed by atoms with Crippen LogP contribution in [-0.4, -0.2) is 40.5 Å². The standard InChI is InChI=1S/C25H27FN2O3/c1-15-3-2-4-16-9-19(14-29)25(27-24(15)16)28-12-17-10-22(30)23(11-18(17)13-28)31-21-7-5-20(26)6-8-21/h2-9,17-18,22-23,29-30H,10-14H2,1H3/t17-,18+,22+,23+/m0/s1. The summed E-state index contributed by atoms with van der Waals surface area (Å²) in [5.74, 6) is 1.83. The van der Waals surface area contributed by atoms with Crippen LogP contribution in [0.25, 0.3) is 10.9 Å². The Kier molecular flexibility index (Phi) is 5.28. The minimum absolute atomic E-state index is 0.0586. The molecule has 0 unspecified atom stereocenters. The molecule has 1 aromatic heterocycles. The summed E-state index contributed by atoms with van der Waals surface area (Å²) in [5, 5.41) is 21.7. The molecular weight excluding hydrogens is 395 g/mol. The maximum atomic E-state index is 13.2. The van der Waals surface area contributed by atoms with E-state index in [-0.39, 0.29) is 18.5 Å². The van der Waals surface area contributed by atoms with Gasteiger partial charge in [0.25, 0.3) is 0 Å². The van der Waals surface area contributed by atoms with Gasteiger partial charge in [-0.25, -0.2) is 9.37 Å². The quantitative estimate of drug-likeness (QED) is 0.669. The first-order chi connectivity index (χ1) is 15.0. The third-order valence-corrected chi connectivity index (χ3v) is 6.76. The molecule has 0 radical (unpaired) electrons. The van der Waals surface area contributed by atoms with Crippen LogP contribution in [0.2, 0.25) is 0 Å². The van der Waals surface area contributed by atoms with Crippen molar-refractivity contribution in [2.24, 2.45) is 11.8 Å². The molecule has 1 saturated carbocycles. The van der Waals surface area contributed by atoms with Crippen molar-refractivity contribution in [3.05, 3.63) is 65.5 Å². The van der Waals surface area contributed by atoms with Crippen molar-refractivity contribution in [1.82, 2.24) is 4.98 Å². The second kappa shape index (κ2) is 8.09. The van der Waals surface area contributed by atoms with Gasteiger partial charge in [0.05, 0.1) is 18.2 Å². The van der Waals surface area contributed by atoms with Gasteiger partial charge in [-0.05, 0) is 67.5 Å². The Labute approximate surface area is 181 Å². The van der Waals surface area contributed by atoms with Crippen molar-refractivity contribution in [2.75, 3.05) is 18.0 Å². The normalized spacial score (nSPS) is 25.6. The molecule has 2 fully saturated rings. The molecule has 2 heterocycles. The highest BCUT2D eigenvalue weighted by atomic mass is 19.1. The lowest BCUT2D eigenvalue weighted by Gasteiger charge is -2.35. The predicted octanol–water partition coefficient (Wildman–Crippen LogP) is 3.83. The smallest absolute Gasteiger partial charge is 0.134 e.